The molecule has 1 aliphatic heterocycles. The molecule has 0 atom stereocenters. The Balaban J connectivity index is 1.56. The van der Waals surface area contributed by atoms with Crippen LogP contribution in [0.4, 0.5) is 0 Å². The monoisotopic (exact) mass is 367 g/mol. The second-order valence-electron chi connectivity index (χ2n) is 5.27. The molecule has 0 radical (unpaired) electrons. The summed E-state index contributed by atoms with van der Waals surface area (Å²) in [6.07, 6.45) is 1.33. The lowest BCUT2D eigenvalue weighted by atomic mass is 10.1. The molecule has 1 aromatic carbocycles. The summed E-state index contributed by atoms with van der Waals surface area (Å²) in [7, 11) is 0. The Kier molecular flexibility index (Phi) is 5.55. The molecule has 0 fully saturated rings. The number of amides is 1. The maximum absolute atomic E-state index is 12.1. The third kappa shape index (κ3) is 3.98. The van der Waals surface area contributed by atoms with Crippen LogP contribution >= 0.6 is 22.9 Å². The lowest BCUT2D eigenvalue weighted by Crippen LogP contribution is -2.26. The normalized spacial score (nSPS) is 12.9. The van der Waals surface area contributed by atoms with Crippen molar-refractivity contribution >= 4 is 28.8 Å². The average Bonchev–Trinajstić information content (AvgIpc) is 3.04. The molecule has 3 rings (SSSR count). The third-order valence-corrected chi connectivity index (χ3v) is 4.69. The number of nitrogens with one attached hydrogen (secondary N) is 1. The molecule has 0 saturated heterocycles. The maximum atomic E-state index is 12.1. The van der Waals surface area contributed by atoms with Crippen molar-refractivity contribution in [1.82, 2.24) is 10.3 Å². The van der Waals surface area contributed by atoms with Crippen LogP contribution < -0.4 is 20.5 Å². The van der Waals surface area contributed by atoms with Crippen molar-refractivity contribution < 1.29 is 14.3 Å². The summed E-state index contributed by atoms with van der Waals surface area (Å²) in [6.45, 7) is 2.03. The van der Waals surface area contributed by atoms with Crippen LogP contribution in [0.15, 0.2) is 17.5 Å². The highest BCUT2D eigenvalue weighted by atomic mass is 35.5. The van der Waals surface area contributed by atoms with Crippen LogP contribution in [0.3, 0.4) is 0 Å². The van der Waals surface area contributed by atoms with Crippen molar-refractivity contribution in [3.63, 3.8) is 0 Å². The number of fused-ring (bicyclic) bond motifs is 1. The van der Waals surface area contributed by atoms with E-state index in [0.29, 0.717) is 61.4 Å². The number of thiazole rings is 1. The highest BCUT2D eigenvalue weighted by molar-refractivity contribution is 7.09. The number of benzene rings is 1. The first-order chi connectivity index (χ1) is 11.7. The topological polar surface area (TPSA) is 86.5 Å². The van der Waals surface area contributed by atoms with Gasteiger partial charge in [0.2, 0.25) is 0 Å². The standard InChI is InChI=1S/C16H18ClN3O3S/c17-11-7-10(8-13-15(11)23-6-5-22-13)2-4-19-16(21)12-9-24-14(20-12)1-3-18/h7-9H,1-6,18H2,(H,19,21). The first kappa shape index (κ1) is 17.0. The summed E-state index contributed by atoms with van der Waals surface area (Å²) in [5.74, 6) is 1.06. The van der Waals surface area contributed by atoms with E-state index in [9.17, 15) is 4.79 Å². The van der Waals surface area contributed by atoms with Crippen LogP contribution in [0.5, 0.6) is 11.5 Å². The number of nitrogens with two attached hydrogens (primary N) is 1. The Bertz CT molecular complexity index is 735. The van der Waals surface area contributed by atoms with E-state index in [0.717, 1.165) is 10.6 Å². The van der Waals surface area contributed by atoms with Gasteiger partial charge in [-0.05, 0) is 30.7 Å². The predicted molar refractivity (Wildman–Crippen MR) is 93.4 cm³/mol. The van der Waals surface area contributed by atoms with E-state index in [2.05, 4.69) is 10.3 Å². The summed E-state index contributed by atoms with van der Waals surface area (Å²) in [5.41, 5.74) is 6.90. The molecule has 0 unspecified atom stereocenters. The number of nitrogens with zero attached hydrogens (tertiary/aromatic N) is 1. The first-order valence-electron chi connectivity index (χ1n) is 7.68. The molecule has 3 N–H and O–H groups in total. The van der Waals surface area contributed by atoms with Crippen LogP contribution in [0, 0.1) is 0 Å². The van der Waals surface area contributed by atoms with Crippen LogP contribution in [0.1, 0.15) is 21.1 Å². The fourth-order valence-corrected chi connectivity index (χ4v) is 3.45. The van der Waals surface area contributed by atoms with Crippen molar-refractivity contribution in [3.8, 4) is 11.5 Å². The van der Waals surface area contributed by atoms with Crippen LogP contribution in [0.2, 0.25) is 5.02 Å². The van der Waals surface area contributed by atoms with Gasteiger partial charge in [-0.25, -0.2) is 4.98 Å². The van der Waals surface area contributed by atoms with Crippen molar-refractivity contribution in [2.75, 3.05) is 26.3 Å². The molecule has 2 aromatic rings. The number of carbonyl (C=O) groups is 1. The molecule has 0 aliphatic carbocycles. The number of aromatic nitrogens is 1. The van der Waals surface area contributed by atoms with Gasteiger partial charge in [-0.2, -0.15) is 0 Å². The molecule has 1 aromatic heterocycles. The summed E-state index contributed by atoms with van der Waals surface area (Å²) in [6, 6.07) is 3.73. The fraction of sp³-hybridized carbons (Fsp3) is 0.375. The molecule has 24 heavy (non-hydrogen) atoms. The van der Waals surface area contributed by atoms with Crippen molar-refractivity contribution in [2.45, 2.75) is 12.8 Å². The quantitative estimate of drug-likeness (QED) is 0.816. The van der Waals surface area contributed by atoms with Crippen molar-refractivity contribution in [3.05, 3.63) is 38.8 Å². The van der Waals surface area contributed by atoms with Crippen LogP contribution in [0.25, 0.3) is 0 Å². The summed E-state index contributed by atoms with van der Waals surface area (Å²) < 4.78 is 11.0. The van der Waals surface area contributed by atoms with Crippen LogP contribution in [-0.4, -0.2) is 37.2 Å². The van der Waals surface area contributed by atoms with Gasteiger partial charge in [0, 0.05) is 18.3 Å². The largest absolute Gasteiger partial charge is 0.486 e. The van der Waals surface area contributed by atoms with Crippen LogP contribution in [-0.2, 0) is 12.8 Å². The highest BCUT2D eigenvalue weighted by Crippen LogP contribution is 2.38. The maximum Gasteiger partial charge on any atom is 0.270 e. The molecular weight excluding hydrogens is 350 g/mol. The van der Waals surface area contributed by atoms with Crippen molar-refractivity contribution in [2.24, 2.45) is 5.73 Å². The molecule has 6 nitrogen and oxygen atoms in total. The zero-order valence-electron chi connectivity index (χ0n) is 13.0. The molecular formula is C16H18ClN3O3S. The zero-order chi connectivity index (χ0) is 16.9. The van der Waals surface area contributed by atoms with E-state index in [-0.39, 0.29) is 5.91 Å². The van der Waals surface area contributed by atoms with E-state index >= 15 is 0 Å². The fourth-order valence-electron chi connectivity index (χ4n) is 2.37. The van der Waals surface area contributed by atoms with Crippen molar-refractivity contribution in [1.29, 1.82) is 0 Å². The molecule has 0 saturated carbocycles. The molecule has 8 heteroatoms. The van der Waals surface area contributed by atoms with E-state index in [4.69, 9.17) is 26.8 Å². The molecule has 0 spiro atoms. The van der Waals surface area contributed by atoms with E-state index in [1.54, 1.807) is 5.38 Å². The summed E-state index contributed by atoms with van der Waals surface area (Å²) in [4.78, 5) is 16.3. The third-order valence-electron chi connectivity index (χ3n) is 3.50. The van der Waals surface area contributed by atoms with Gasteiger partial charge in [0.05, 0.1) is 10.0 Å². The van der Waals surface area contributed by atoms with Gasteiger partial charge in [0.1, 0.15) is 18.9 Å². The Hall–Kier alpha value is -1.83. The van der Waals surface area contributed by atoms with Gasteiger partial charge >= 0.3 is 0 Å². The highest BCUT2D eigenvalue weighted by Gasteiger charge is 2.17. The van der Waals surface area contributed by atoms with Gasteiger partial charge in [0.15, 0.2) is 11.5 Å². The van der Waals surface area contributed by atoms with Gasteiger partial charge in [0.25, 0.3) is 5.91 Å². The molecule has 1 aliphatic rings. The minimum Gasteiger partial charge on any atom is -0.486 e. The summed E-state index contributed by atoms with van der Waals surface area (Å²) >= 11 is 7.66. The molecule has 1 amide bonds. The minimum atomic E-state index is -0.182. The molecule has 2 heterocycles. The van der Waals surface area contributed by atoms with Gasteiger partial charge in [-0.3, -0.25) is 4.79 Å². The van der Waals surface area contributed by atoms with E-state index in [1.165, 1.54) is 11.3 Å². The Morgan fingerprint density at radius 2 is 2.17 bits per heavy atom. The second kappa shape index (κ2) is 7.83. The molecule has 128 valence electrons. The van der Waals surface area contributed by atoms with Gasteiger partial charge in [-0.15, -0.1) is 11.3 Å². The first-order valence-corrected chi connectivity index (χ1v) is 8.94. The number of ether oxygens (including phenoxy) is 2. The SMILES string of the molecule is NCCc1nc(C(=O)NCCc2cc(Cl)c3c(c2)OCCO3)cs1. The Morgan fingerprint density at radius 3 is 3.00 bits per heavy atom. The Labute approximate surface area is 148 Å². The number of rotatable bonds is 6. The number of hydrogen-bond acceptors (Lipinski definition) is 6. The lowest BCUT2D eigenvalue weighted by molar-refractivity contribution is 0.0949. The summed E-state index contributed by atoms with van der Waals surface area (Å²) in [5, 5.41) is 6.02. The van der Waals surface area contributed by atoms with Gasteiger partial charge in [-0.1, -0.05) is 11.6 Å². The predicted octanol–water partition coefficient (Wildman–Crippen LogP) is 2.04. The second-order valence-corrected chi connectivity index (χ2v) is 6.62. The lowest BCUT2D eigenvalue weighted by Gasteiger charge is -2.20. The Morgan fingerprint density at radius 1 is 1.33 bits per heavy atom. The number of hydrogen-bond donors (Lipinski definition) is 2. The van der Waals surface area contributed by atoms with E-state index in [1.807, 2.05) is 12.1 Å². The van der Waals surface area contributed by atoms with E-state index < -0.39 is 0 Å². The number of carbonyl (C=O) groups excluding carboxylic acids is 1. The minimum absolute atomic E-state index is 0.182. The number of halogens is 1. The van der Waals surface area contributed by atoms with Gasteiger partial charge < -0.3 is 20.5 Å². The average molecular weight is 368 g/mol. The molecule has 0 bridgehead atoms. The smallest absolute Gasteiger partial charge is 0.270 e. The zero-order valence-corrected chi connectivity index (χ0v) is 14.6.